The van der Waals surface area contributed by atoms with E-state index in [1.807, 2.05) is 0 Å². The first-order valence-corrected chi connectivity index (χ1v) is 8.29. The van der Waals surface area contributed by atoms with E-state index in [9.17, 15) is 9.59 Å². The van der Waals surface area contributed by atoms with E-state index in [-0.39, 0.29) is 17.2 Å². The lowest BCUT2D eigenvalue weighted by molar-refractivity contribution is 0.0779. The second kappa shape index (κ2) is 6.86. The number of aryl methyl sites for hydroxylation is 1. The van der Waals surface area contributed by atoms with Gasteiger partial charge in [-0.05, 0) is 23.8 Å². The van der Waals surface area contributed by atoms with Crippen molar-refractivity contribution in [2.75, 3.05) is 7.05 Å². The Labute approximate surface area is 154 Å². The quantitative estimate of drug-likeness (QED) is 0.703. The van der Waals surface area contributed by atoms with Gasteiger partial charge < -0.3 is 4.90 Å². The van der Waals surface area contributed by atoms with Gasteiger partial charge in [-0.1, -0.05) is 47.5 Å². The summed E-state index contributed by atoms with van der Waals surface area (Å²) >= 11 is 12.1. The molecular formula is C18H15Cl2N3O2. The molecule has 0 aliphatic carbocycles. The predicted octanol–water partition coefficient (Wildman–Crippen LogP) is 3.51. The van der Waals surface area contributed by atoms with Crippen molar-refractivity contribution < 1.29 is 4.79 Å². The summed E-state index contributed by atoms with van der Waals surface area (Å²) in [4.78, 5) is 26.6. The van der Waals surface area contributed by atoms with Gasteiger partial charge in [0.1, 0.15) is 0 Å². The first-order chi connectivity index (χ1) is 11.9. The van der Waals surface area contributed by atoms with Crippen LogP contribution in [0.15, 0.2) is 47.3 Å². The number of hydrogen-bond donors (Lipinski definition) is 0. The van der Waals surface area contributed by atoms with Gasteiger partial charge in [0, 0.05) is 36.1 Å². The topological polar surface area (TPSA) is 55.2 Å². The Morgan fingerprint density at radius 2 is 1.84 bits per heavy atom. The Morgan fingerprint density at radius 1 is 1.16 bits per heavy atom. The van der Waals surface area contributed by atoms with E-state index in [1.54, 1.807) is 49.5 Å². The average Bonchev–Trinajstić information content (AvgIpc) is 2.60. The van der Waals surface area contributed by atoms with Gasteiger partial charge >= 0.3 is 0 Å². The molecule has 3 aromatic rings. The molecule has 0 atom stereocenters. The van der Waals surface area contributed by atoms with E-state index in [0.717, 1.165) is 5.56 Å². The number of amides is 1. The highest BCUT2D eigenvalue weighted by Crippen LogP contribution is 2.23. The van der Waals surface area contributed by atoms with Crippen LogP contribution in [-0.2, 0) is 13.6 Å². The van der Waals surface area contributed by atoms with Gasteiger partial charge in [0.15, 0.2) is 5.69 Å². The van der Waals surface area contributed by atoms with Crippen LogP contribution in [0.4, 0.5) is 0 Å². The zero-order chi connectivity index (χ0) is 18.1. The van der Waals surface area contributed by atoms with Gasteiger partial charge in [0.05, 0.1) is 5.39 Å². The number of halogens is 2. The second-order valence-electron chi connectivity index (χ2n) is 5.72. The molecule has 0 bridgehead atoms. The fraction of sp³-hybridized carbons (Fsp3) is 0.167. The van der Waals surface area contributed by atoms with E-state index in [1.165, 1.54) is 16.6 Å². The van der Waals surface area contributed by atoms with Crippen LogP contribution in [0.5, 0.6) is 0 Å². The van der Waals surface area contributed by atoms with E-state index in [0.29, 0.717) is 27.4 Å². The third kappa shape index (κ3) is 3.38. The van der Waals surface area contributed by atoms with Crippen LogP contribution in [0.25, 0.3) is 10.8 Å². The van der Waals surface area contributed by atoms with Crippen molar-refractivity contribution >= 4 is 39.9 Å². The summed E-state index contributed by atoms with van der Waals surface area (Å²) in [5, 5.41) is 6.18. The first-order valence-electron chi connectivity index (χ1n) is 7.54. The Morgan fingerprint density at radius 3 is 2.52 bits per heavy atom. The molecule has 1 amide bonds. The normalized spacial score (nSPS) is 10.9. The predicted molar refractivity (Wildman–Crippen MR) is 99.2 cm³/mol. The molecule has 0 radical (unpaired) electrons. The molecule has 0 N–H and O–H groups in total. The molecule has 0 unspecified atom stereocenters. The summed E-state index contributed by atoms with van der Waals surface area (Å²) in [7, 11) is 3.19. The minimum atomic E-state index is -0.294. The molecule has 0 saturated carbocycles. The second-order valence-corrected chi connectivity index (χ2v) is 6.56. The van der Waals surface area contributed by atoms with Crippen LogP contribution in [0.1, 0.15) is 16.1 Å². The van der Waals surface area contributed by atoms with E-state index >= 15 is 0 Å². The lowest BCUT2D eigenvalue weighted by Gasteiger charge is -2.19. The van der Waals surface area contributed by atoms with E-state index < -0.39 is 0 Å². The van der Waals surface area contributed by atoms with Gasteiger partial charge in [-0.25, -0.2) is 4.68 Å². The van der Waals surface area contributed by atoms with Crippen LogP contribution >= 0.6 is 23.2 Å². The molecule has 2 aromatic carbocycles. The molecule has 0 aliphatic rings. The van der Waals surface area contributed by atoms with Crippen LogP contribution in [0.3, 0.4) is 0 Å². The maximum Gasteiger partial charge on any atom is 0.274 e. The minimum Gasteiger partial charge on any atom is -0.336 e. The summed E-state index contributed by atoms with van der Waals surface area (Å²) in [5.74, 6) is -0.294. The number of aromatic nitrogens is 2. The third-order valence-corrected chi connectivity index (χ3v) is 4.52. The number of carbonyl (C=O) groups excluding carboxylic acids is 1. The number of carbonyl (C=O) groups is 1. The van der Waals surface area contributed by atoms with Crippen molar-refractivity contribution in [3.05, 3.63) is 74.1 Å². The van der Waals surface area contributed by atoms with E-state index in [2.05, 4.69) is 5.10 Å². The molecule has 1 aromatic heterocycles. The molecule has 128 valence electrons. The van der Waals surface area contributed by atoms with Crippen molar-refractivity contribution in [3.63, 3.8) is 0 Å². The summed E-state index contributed by atoms with van der Waals surface area (Å²) in [6.07, 6.45) is 0. The molecule has 3 rings (SSSR count). The van der Waals surface area contributed by atoms with Crippen molar-refractivity contribution in [1.29, 1.82) is 0 Å². The van der Waals surface area contributed by atoms with Crippen molar-refractivity contribution in [2.24, 2.45) is 7.05 Å². The lowest BCUT2D eigenvalue weighted by Crippen LogP contribution is -2.31. The van der Waals surface area contributed by atoms with Crippen molar-refractivity contribution in [3.8, 4) is 0 Å². The SMILES string of the molecule is CN(Cc1ccc(Cl)cc1Cl)C(=O)c1nn(C)c(=O)c2ccccc12. The monoisotopic (exact) mass is 375 g/mol. The zero-order valence-electron chi connectivity index (χ0n) is 13.7. The highest BCUT2D eigenvalue weighted by molar-refractivity contribution is 6.35. The van der Waals surface area contributed by atoms with E-state index in [4.69, 9.17) is 23.2 Å². The largest absolute Gasteiger partial charge is 0.336 e. The molecule has 0 spiro atoms. The number of hydrogen-bond acceptors (Lipinski definition) is 3. The molecule has 25 heavy (non-hydrogen) atoms. The number of nitrogens with zero attached hydrogens (tertiary/aromatic N) is 3. The molecule has 7 heteroatoms. The van der Waals surface area contributed by atoms with Gasteiger partial charge in [-0.15, -0.1) is 0 Å². The molecule has 0 saturated heterocycles. The highest BCUT2D eigenvalue weighted by Gasteiger charge is 2.20. The molecule has 1 heterocycles. The number of benzene rings is 2. The Balaban J connectivity index is 1.99. The van der Waals surface area contributed by atoms with Crippen LogP contribution in [0, 0.1) is 0 Å². The van der Waals surface area contributed by atoms with Gasteiger partial charge in [0.2, 0.25) is 0 Å². The molecule has 0 aliphatic heterocycles. The Kier molecular flexibility index (Phi) is 4.79. The maximum absolute atomic E-state index is 12.9. The Bertz CT molecular complexity index is 1030. The Hall–Kier alpha value is -2.37. The minimum absolute atomic E-state index is 0.227. The van der Waals surface area contributed by atoms with Gasteiger partial charge in [0.25, 0.3) is 11.5 Å². The van der Waals surface area contributed by atoms with Crippen molar-refractivity contribution in [1.82, 2.24) is 14.7 Å². The van der Waals surface area contributed by atoms with Crippen molar-refractivity contribution in [2.45, 2.75) is 6.54 Å². The standard InChI is InChI=1S/C18H15Cl2N3O2/c1-22(10-11-7-8-12(19)9-15(11)20)18(25)16-13-5-3-4-6-14(13)17(24)23(2)21-16/h3-9H,10H2,1-2H3. The first kappa shape index (κ1) is 17.5. The van der Waals surface area contributed by atoms with Gasteiger partial charge in [-0.3, -0.25) is 9.59 Å². The third-order valence-electron chi connectivity index (χ3n) is 3.93. The summed E-state index contributed by atoms with van der Waals surface area (Å²) in [6.45, 7) is 0.299. The van der Waals surface area contributed by atoms with Crippen LogP contribution in [-0.4, -0.2) is 27.6 Å². The summed E-state index contributed by atoms with van der Waals surface area (Å²) in [5.41, 5.74) is 0.761. The number of rotatable bonds is 3. The average molecular weight is 376 g/mol. The fourth-order valence-electron chi connectivity index (χ4n) is 2.62. The lowest BCUT2D eigenvalue weighted by atomic mass is 10.1. The highest BCUT2D eigenvalue weighted by atomic mass is 35.5. The summed E-state index contributed by atoms with van der Waals surface area (Å²) < 4.78 is 1.18. The molecule has 5 nitrogen and oxygen atoms in total. The molecule has 0 fully saturated rings. The fourth-order valence-corrected chi connectivity index (χ4v) is 3.08. The zero-order valence-corrected chi connectivity index (χ0v) is 15.2. The summed E-state index contributed by atoms with van der Waals surface area (Å²) in [6, 6.07) is 12.1. The van der Waals surface area contributed by atoms with Crippen LogP contribution < -0.4 is 5.56 Å². The maximum atomic E-state index is 12.9. The number of fused-ring (bicyclic) bond motifs is 1. The van der Waals surface area contributed by atoms with Crippen LogP contribution in [0.2, 0.25) is 10.0 Å². The van der Waals surface area contributed by atoms with Gasteiger partial charge in [-0.2, -0.15) is 5.10 Å². The smallest absolute Gasteiger partial charge is 0.274 e. The molecular weight excluding hydrogens is 361 g/mol.